The number of thiocarbonyl (C=S) groups is 1. The minimum Gasteiger partial charge on any atom is -0.358 e. The molecule has 0 aliphatic carbocycles. The van der Waals surface area contributed by atoms with Crippen molar-refractivity contribution in [2.24, 2.45) is 0 Å². The second-order valence-electron chi connectivity index (χ2n) is 6.69. The van der Waals surface area contributed by atoms with Crippen molar-refractivity contribution in [3.8, 4) is 0 Å². The van der Waals surface area contributed by atoms with Crippen LogP contribution in [0.1, 0.15) is 34.3 Å². The van der Waals surface area contributed by atoms with Crippen molar-refractivity contribution in [2.45, 2.75) is 32.4 Å². The number of rotatable bonds is 4. The highest BCUT2D eigenvalue weighted by molar-refractivity contribution is 7.80. The van der Waals surface area contributed by atoms with Crippen molar-refractivity contribution < 1.29 is 4.79 Å². The number of nitrogens with zero attached hydrogens (tertiary/aromatic N) is 1. The van der Waals surface area contributed by atoms with Crippen molar-refractivity contribution in [3.63, 3.8) is 0 Å². The van der Waals surface area contributed by atoms with Crippen molar-refractivity contribution in [1.82, 2.24) is 15.5 Å². The lowest BCUT2D eigenvalue weighted by atomic mass is 10.0. The predicted octanol–water partition coefficient (Wildman–Crippen LogP) is 3.26. The normalized spacial score (nSPS) is 14.7. The first kappa shape index (κ1) is 18.4. The number of nitrogens with one attached hydrogen (secondary N) is 2. The zero-order valence-corrected chi connectivity index (χ0v) is 15.9. The highest BCUT2D eigenvalue weighted by atomic mass is 32.1. The number of carbonyl (C=O) groups excluding carboxylic acids is 1. The van der Waals surface area contributed by atoms with E-state index in [4.69, 9.17) is 12.2 Å². The summed E-state index contributed by atoms with van der Waals surface area (Å²) in [6.07, 6.45) is 1.82. The monoisotopic (exact) mass is 367 g/mol. The molecule has 1 amide bonds. The van der Waals surface area contributed by atoms with Gasteiger partial charge in [-0.05, 0) is 49.2 Å². The molecule has 1 heterocycles. The Kier molecular flexibility index (Phi) is 6.23. The van der Waals surface area contributed by atoms with E-state index in [-0.39, 0.29) is 11.9 Å². The molecule has 2 aromatic rings. The van der Waals surface area contributed by atoms with Gasteiger partial charge in [-0.2, -0.15) is 0 Å². The molecule has 1 aliphatic rings. The molecule has 1 aliphatic heterocycles. The quantitative estimate of drug-likeness (QED) is 0.814. The number of hydrogen-bond donors (Lipinski definition) is 2. The molecule has 1 saturated heterocycles. The fraction of sp³-hybridized carbons (Fsp3) is 0.333. The van der Waals surface area contributed by atoms with E-state index in [1.165, 1.54) is 5.56 Å². The lowest BCUT2D eigenvalue weighted by Crippen LogP contribution is -2.49. The maximum atomic E-state index is 12.4. The summed E-state index contributed by atoms with van der Waals surface area (Å²) in [7, 11) is 0. The Morgan fingerprint density at radius 1 is 1.08 bits per heavy atom. The highest BCUT2D eigenvalue weighted by Gasteiger charge is 2.22. The number of aryl methyl sites for hydroxylation is 1. The summed E-state index contributed by atoms with van der Waals surface area (Å²) < 4.78 is 0. The molecule has 1 fully saturated rings. The maximum absolute atomic E-state index is 12.4. The van der Waals surface area contributed by atoms with E-state index in [1.54, 1.807) is 0 Å². The molecule has 0 atom stereocenters. The van der Waals surface area contributed by atoms with Gasteiger partial charge in [0.25, 0.3) is 5.91 Å². The summed E-state index contributed by atoms with van der Waals surface area (Å²) in [6, 6.07) is 18.1. The van der Waals surface area contributed by atoms with Gasteiger partial charge in [0.15, 0.2) is 5.11 Å². The summed E-state index contributed by atoms with van der Waals surface area (Å²) in [5, 5.41) is 7.28. The van der Waals surface area contributed by atoms with Gasteiger partial charge in [-0.3, -0.25) is 4.79 Å². The van der Waals surface area contributed by atoms with Gasteiger partial charge in [0.1, 0.15) is 0 Å². The number of amides is 1. The van der Waals surface area contributed by atoms with Gasteiger partial charge in [0, 0.05) is 31.2 Å². The molecule has 0 saturated carbocycles. The van der Waals surface area contributed by atoms with Crippen LogP contribution in [0.15, 0.2) is 54.6 Å². The van der Waals surface area contributed by atoms with Gasteiger partial charge in [-0.25, -0.2) is 0 Å². The Morgan fingerprint density at radius 2 is 1.73 bits per heavy atom. The van der Waals surface area contributed by atoms with Crippen LogP contribution >= 0.6 is 12.2 Å². The van der Waals surface area contributed by atoms with E-state index in [0.717, 1.165) is 48.7 Å². The maximum Gasteiger partial charge on any atom is 0.251 e. The molecule has 2 aromatic carbocycles. The molecule has 3 rings (SSSR count). The lowest BCUT2D eigenvalue weighted by Gasteiger charge is -2.34. The average Bonchev–Trinajstić information content (AvgIpc) is 2.68. The SMILES string of the molecule is Cc1ccccc1C(=O)NC1CCN(C(=S)NCc2ccccc2)CC1. The van der Waals surface area contributed by atoms with E-state index in [9.17, 15) is 4.79 Å². The Hall–Kier alpha value is -2.40. The molecule has 4 nitrogen and oxygen atoms in total. The topological polar surface area (TPSA) is 44.4 Å². The molecule has 0 unspecified atom stereocenters. The van der Waals surface area contributed by atoms with Crippen LogP contribution < -0.4 is 10.6 Å². The number of piperidine rings is 1. The Balaban J connectivity index is 1.44. The van der Waals surface area contributed by atoms with Crippen LogP contribution in [0.5, 0.6) is 0 Å². The van der Waals surface area contributed by atoms with Crippen LogP contribution in [0.25, 0.3) is 0 Å². The molecule has 26 heavy (non-hydrogen) atoms. The number of benzene rings is 2. The first-order valence-corrected chi connectivity index (χ1v) is 9.47. The standard InChI is InChI=1S/C21H25N3OS/c1-16-7-5-6-10-19(16)20(25)23-18-11-13-24(14-12-18)21(26)22-15-17-8-3-2-4-9-17/h2-10,18H,11-15H2,1H3,(H,22,26)(H,23,25). The van der Waals surface area contributed by atoms with Gasteiger partial charge in [-0.1, -0.05) is 48.5 Å². The zero-order chi connectivity index (χ0) is 18.4. The van der Waals surface area contributed by atoms with E-state index < -0.39 is 0 Å². The predicted molar refractivity (Wildman–Crippen MR) is 109 cm³/mol. The van der Waals surface area contributed by atoms with E-state index in [1.807, 2.05) is 49.4 Å². The summed E-state index contributed by atoms with van der Waals surface area (Å²) >= 11 is 5.52. The molecule has 136 valence electrons. The van der Waals surface area contributed by atoms with Crippen molar-refractivity contribution >= 4 is 23.2 Å². The molecule has 0 bridgehead atoms. The number of likely N-dealkylation sites (tertiary alicyclic amines) is 1. The van der Waals surface area contributed by atoms with Crippen LogP contribution in [0.3, 0.4) is 0 Å². The van der Waals surface area contributed by atoms with Gasteiger partial charge in [-0.15, -0.1) is 0 Å². The second-order valence-corrected chi connectivity index (χ2v) is 7.08. The zero-order valence-electron chi connectivity index (χ0n) is 15.1. The highest BCUT2D eigenvalue weighted by Crippen LogP contribution is 2.13. The smallest absolute Gasteiger partial charge is 0.251 e. The lowest BCUT2D eigenvalue weighted by molar-refractivity contribution is 0.0921. The van der Waals surface area contributed by atoms with Gasteiger partial charge in [0.2, 0.25) is 0 Å². The molecular weight excluding hydrogens is 342 g/mol. The van der Waals surface area contributed by atoms with Gasteiger partial charge < -0.3 is 15.5 Å². The molecule has 0 spiro atoms. The summed E-state index contributed by atoms with van der Waals surface area (Å²) in [6.45, 7) is 4.43. The van der Waals surface area contributed by atoms with Gasteiger partial charge >= 0.3 is 0 Å². The average molecular weight is 368 g/mol. The van der Waals surface area contributed by atoms with E-state index in [2.05, 4.69) is 27.7 Å². The van der Waals surface area contributed by atoms with E-state index >= 15 is 0 Å². The van der Waals surface area contributed by atoms with Crippen LogP contribution in [0.4, 0.5) is 0 Å². The van der Waals surface area contributed by atoms with Gasteiger partial charge in [0.05, 0.1) is 0 Å². The summed E-state index contributed by atoms with van der Waals surface area (Å²) in [5.41, 5.74) is 2.99. The van der Waals surface area contributed by atoms with E-state index in [0.29, 0.717) is 0 Å². The minimum atomic E-state index is 0.0197. The molecule has 5 heteroatoms. The van der Waals surface area contributed by atoms with Crippen LogP contribution in [-0.4, -0.2) is 35.1 Å². The molecule has 0 radical (unpaired) electrons. The third kappa shape index (κ3) is 4.82. The van der Waals surface area contributed by atoms with Crippen LogP contribution in [0.2, 0.25) is 0 Å². The summed E-state index contributed by atoms with van der Waals surface area (Å²) in [4.78, 5) is 14.6. The van der Waals surface area contributed by atoms with Crippen molar-refractivity contribution in [3.05, 3.63) is 71.3 Å². The Morgan fingerprint density at radius 3 is 2.42 bits per heavy atom. The third-order valence-corrected chi connectivity index (χ3v) is 5.20. The number of carbonyl (C=O) groups is 1. The van der Waals surface area contributed by atoms with Crippen molar-refractivity contribution in [1.29, 1.82) is 0 Å². The summed E-state index contributed by atoms with van der Waals surface area (Å²) in [5.74, 6) is 0.0197. The second kappa shape index (κ2) is 8.81. The number of hydrogen-bond acceptors (Lipinski definition) is 2. The fourth-order valence-corrected chi connectivity index (χ4v) is 3.46. The third-order valence-electron chi connectivity index (χ3n) is 4.79. The Bertz CT molecular complexity index is 755. The van der Waals surface area contributed by atoms with Crippen LogP contribution in [0, 0.1) is 6.92 Å². The molecule has 2 N–H and O–H groups in total. The van der Waals surface area contributed by atoms with Crippen molar-refractivity contribution in [2.75, 3.05) is 13.1 Å². The first-order chi connectivity index (χ1) is 12.6. The molecular formula is C21H25N3OS. The first-order valence-electron chi connectivity index (χ1n) is 9.06. The molecule has 0 aromatic heterocycles. The minimum absolute atomic E-state index is 0.0197. The largest absolute Gasteiger partial charge is 0.358 e. The Labute approximate surface area is 160 Å². The fourth-order valence-electron chi connectivity index (χ4n) is 3.20. The van der Waals surface area contributed by atoms with Crippen LogP contribution in [-0.2, 0) is 6.54 Å².